The molecule has 0 saturated heterocycles. The van der Waals surface area contributed by atoms with Crippen LogP contribution in [0.25, 0.3) is 0 Å². The number of anilines is 1. The smallest absolute Gasteiger partial charge is 0.200 e. The first-order valence-corrected chi connectivity index (χ1v) is 6.46. The van der Waals surface area contributed by atoms with Crippen LogP contribution in [0.4, 0.5) is 5.95 Å². The molecule has 0 bridgehead atoms. The minimum absolute atomic E-state index is 0.208. The average Bonchev–Trinajstić information content (AvgIpc) is 2.44. The predicted molar refractivity (Wildman–Crippen MR) is 56.1 cm³/mol. The molecule has 1 heterocycles. The number of H-pyrrole nitrogens is 1. The van der Waals surface area contributed by atoms with E-state index in [9.17, 15) is 8.42 Å². The van der Waals surface area contributed by atoms with Crippen molar-refractivity contribution < 1.29 is 8.42 Å². The summed E-state index contributed by atoms with van der Waals surface area (Å²) in [5.74, 6) is 0.899. The van der Waals surface area contributed by atoms with E-state index >= 15 is 0 Å². The van der Waals surface area contributed by atoms with Crippen molar-refractivity contribution in [2.75, 3.05) is 23.9 Å². The molecule has 6 heteroatoms. The summed E-state index contributed by atoms with van der Waals surface area (Å²) in [4.78, 5) is 7.04. The number of aromatic nitrogens is 2. The van der Waals surface area contributed by atoms with Gasteiger partial charge in [-0.25, -0.2) is 13.4 Å². The lowest BCUT2D eigenvalue weighted by Crippen LogP contribution is -2.10. The lowest BCUT2D eigenvalue weighted by Gasteiger charge is -2.01. The SMILES string of the molecule is Cc1cnc(NCCCS(C)(=O)=O)[nH]1. The zero-order chi connectivity index (χ0) is 10.6. The number of aryl methyl sites for hydroxylation is 1. The van der Waals surface area contributed by atoms with Crippen molar-refractivity contribution in [3.05, 3.63) is 11.9 Å². The van der Waals surface area contributed by atoms with Gasteiger partial charge >= 0.3 is 0 Å². The molecular weight excluding hydrogens is 202 g/mol. The predicted octanol–water partition coefficient (Wildman–Crippen LogP) is 0.565. The molecule has 1 rings (SSSR count). The maximum absolute atomic E-state index is 10.8. The third-order valence-corrected chi connectivity index (χ3v) is 2.72. The van der Waals surface area contributed by atoms with E-state index in [2.05, 4.69) is 15.3 Å². The Labute approximate surface area is 83.9 Å². The number of nitrogens with zero attached hydrogens (tertiary/aromatic N) is 1. The lowest BCUT2D eigenvalue weighted by atomic mass is 10.5. The van der Waals surface area contributed by atoms with E-state index in [1.165, 1.54) is 6.26 Å². The molecule has 14 heavy (non-hydrogen) atoms. The average molecular weight is 217 g/mol. The third kappa shape index (κ3) is 4.27. The highest BCUT2D eigenvalue weighted by molar-refractivity contribution is 7.90. The van der Waals surface area contributed by atoms with Crippen LogP contribution >= 0.6 is 0 Å². The molecule has 0 spiro atoms. The normalized spacial score (nSPS) is 11.6. The maximum atomic E-state index is 10.8. The molecule has 5 nitrogen and oxygen atoms in total. The Hall–Kier alpha value is -1.04. The van der Waals surface area contributed by atoms with E-state index in [0.29, 0.717) is 18.9 Å². The molecule has 0 aliphatic carbocycles. The van der Waals surface area contributed by atoms with E-state index in [0.717, 1.165) is 5.69 Å². The van der Waals surface area contributed by atoms with Gasteiger partial charge in [0.1, 0.15) is 9.84 Å². The number of aromatic amines is 1. The summed E-state index contributed by atoms with van der Waals surface area (Å²) >= 11 is 0. The highest BCUT2D eigenvalue weighted by Gasteiger charge is 2.01. The Balaban J connectivity index is 2.23. The largest absolute Gasteiger partial charge is 0.356 e. The van der Waals surface area contributed by atoms with Crippen molar-refractivity contribution in [2.45, 2.75) is 13.3 Å². The van der Waals surface area contributed by atoms with Gasteiger partial charge in [-0.1, -0.05) is 0 Å². The molecule has 0 fully saturated rings. The molecule has 1 aromatic heterocycles. The van der Waals surface area contributed by atoms with Crippen molar-refractivity contribution in [1.29, 1.82) is 0 Å². The Morgan fingerprint density at radius 2 is 2.29 bits per heavy atom. The summed E-state index contributed by atoms with van der Waals surface area (Å²) in [7, 11) is -2.84. The molecular formula is C8H15N3O2S. The van der Waals surface area contributed by atoms with E-state index in [1.54, 1.807) is 6.20 Å². The molecule has 0 unspecified atom stereocenters. The van der Waals surface area contributed by atoms with Gasteiger partial charge in [-0.2, -0.15) is 0 Å². The van der Waals surface area contributed by atoms with Crippen LogP contribution in [0.5, 0.6) is 0 Å². The first-order valence-electron chi connectivity index (χ1n) is 4.40. The first-order chi connectivity index (χ1) is 6.47. The second-order valence-electron chi connectivity index (χ2n) is 3.33. The van der Waals surface area contributed by atoms with Gasteiger partial charge in [0.15, 0.2) is 5.95 Å². The van der Waals surface area contributed by atoms with Crippen LogP contribution in [-0.2, 0) is 9.84 Å². The summed E-state index contributed by atoms with van der Waals surface area (Å²) in [5.41, 5.74) is 0.982. The van der Waals surface area contributed by atoms with Gasteiger partial charge in [0.05, 0.1) is 5.75 Å². The van der Waals surface area contributed by atoms with Crippen molar-refractivity contribution in [3.63, 3.8) is 0 Å². The fourth-order valence-corrected chi connectivity index (χ4v) is 1.71. The Morgan fingerprint density at radius 1 is 1.57 bits per heavy atom. The number of imidazole rings is 1. The van der Waals surface area contributed by atoms with Gasteiger partial charge in [0.25, 0.3) is 0 Å². The zero-order valence-electron chi connectivity index (χ0n) is 8.37. The van der Waals surface area contributed by atoms with Crippen LogP contribution in [0, 0.1) is 6.92 Å². The van der Waals surface area contributed by atoms with Crippen LogP contribution in [0.1, 0.15) is 12.1 Å². The summed E-state index contributed by atoms with van der Waals surface area (Å²) < 4.78 is 21.6. The van der Waals surface area contributed by atoms with Crippen LogP contribution in [0.15, 0.2) is 6.20 Å². The third-order valence-electron chi connectivity index (χ3n) is 1.69. The van der Waals surface area contributed by atoms with Crippen molar-refractivity contribution >= 4 is 15.8 Å². The molecule has 0 saturated carbocycles. The second-order valence-corrected chi connectivity index (χ2v) is 5.58. The van der Waals surface area contributed by atoms with E-state index in [4.69, 9.17) is 0 Å². The van der Waals surface area contributed by atoms with Crippen LogP contribution in [0.2, 0.25) is 0 Å². The zero-order valence-corrected chi connectivity index (χ0v) is 9.19. The maximum Gasteiger partial charge on any atom is 0.200 e. The molecule has 0 atom stereocenters. The van der Waals surface area contributed by atoms with E-state index < -0.39 is 9.84 Å². The van der Waals surface area contributed by atoms with Gasteiger partial charge < -0.3 is 10.3 Å². The highest BCUT2D eigenvalue weighted by Crippen LogP contribution is 2.00. The molecule has 0 aliphatic rings. The Morgan fingerprint density at radius 3 is 2.79 bits per heavy atom. The van der Waals surface area contributed by atoms with Crippen LogP contribution < -0.4 is 5.32 Å². The molecule has 0 aliphatic heterocycles. The fourth-order valence-electron chi connectivity index (χ4n) is 1.04. The van der Waals surface area contributed by atoms with Crippen molar-refractivity contribution in [2.24, 2.45) is 0 Å². The van der Waals surface area contributed by atoms with Gasteiger partial charge in [0, 0.05) is 24.7 Å². The number of sulfone groups is 1. The van der Waals surface area contributed by atoms with Crippen LogP contribution in [0.3, 0.4) is 0 Å². The second kappa shape index (κ2) is 4.45. The topological polar surface area (TPSA) is 74.8 Å². The van der Waals surface area contributed by atoms with E-state index in [1.807, 2.05) is 6.92 Å². The molecule has 0 radical (unpaired) electrons. The summed E-state index contributed by atoms with van der Waals surface area (Å²) in [6, 6.07) is 0. The van der Waals surface area contributed by atoms with Gasteiger partial charge in [-0.05, 0) is 13.3 Å². The van der Waals surface area contributed by atoms with Gasteiger partial charge in [-0.3, -0.25) is 0 Å². The van der Waals surface area contributed by atoms with Crippen molar-refractivity contribution in [3.8, 4) is 0 Å². The quantitative estimate of drug-likeness (QED) is 0.707. The first kappa shape index (κ1) is 11.0. The number of hydrogen-bond donors (Lipinski definition) is 2. The van der Waals surface area contributed by atoms with Crippen molar-refractivity contribution in [1.82, 2.24) is 9.97 Å². The summed E-state index contributed by atoms with van der Waals surface area (Å²) in [5, 5.41) is 3.01. The number of nitrogens with one attached hydrogen (secondary N) is 2. The van der Waals surface area contributed by atoms with E-state index in [-0.39, 0.29) is 5.75 Å². The summed E-state index contributed by atoms with van der Waals surface area (Å²) in [6.07, 6.45) is 3.56. The molecule has 80 valence electrons. The minimum Gasteiger partial charge on any atom is -0.356 e. The Kier molecular flexibility index (Phi) is 3.51. The summed E-state index contributed by atoms with van der Waals surface area (Å²) in [6.45, 7) is 2.52. The monoisotopic (exact) mass is 217 g/mol. The molecule has 2 N–H and O–H groups in total. The minimum atomic E-state index is -2.84. The Bertz CT molecular complexity index is 383. The fraction of sp³-hybridized carbons (Fsp3) is 0.625. The molecule has 1 aromatic rings. The number of hydrogen-bond acceptors (Lipinski definition) is 4. The molecule has 0 amide bonds. The lowest BCUT2D eigenvalue weighted by molar-refractivity contribution is 0.600. The van der Waals surface area contributed by atoms with Gasteiger partial charge in [-0.15, -0.1) is 0 Å². The van der Waals surface area contributed by atoms with Crippen LogP contribution in [-0.4, -0.2) is 36.9 Å². The van der Waals surface area contributed by atoms with Gasteiger partial charge in [0.2, 0.25) is 0 Å². The number of rotatable bonds is 5. The highest BCUT2D eigenvalue weighted by atomic mass is 32.2. The molecule has 0 aromatic carbocycles. The standard InChI is InChI=1S/C8H15N3O2S/c1-7-6-10-8(11-7)9-4-3-5-14(2,12)13/h6H,3-5H2,1-2H3,(H2,9,10,11).